The fraction of sp³-hybridized carbons (Fsp3) is 0.0526. The van der Waals surface area contributed by atoms with Gasteiger partial charge >= 0.3 is 0 Å². The Morgan fingerprint density at radius 2 is 1.73 bits per heavy atom. The maximum Gasteiger partial charge on any atom is 0.273 e. The van der Waals surface area contributed by atoms with Crippen LogP contribution in [0.3, 0.4) is 0 Å². The van der Waals surface area contributed by atoms with Gasteiger partial charge in [0.25, 0.3) is 21.6 Å². The van der Waals surface area contributed by atoms with Crippen molar-refractivity contribution in [1.29, 1.82) is 0 Å². The summed E-state index contributed by atoms with van der Waals surface area (Å²) in [6.07, 6.45) is 2.81. The van der Waals surface area contributed by atoms with Crippen LogP contribution in [-0.4, -0.2) is 34.3 Å². The van der Waals surface area contributed by atoms with E-state index in [1.54, 1.807) is 13.0 Å². The summed E-state index contributed by atoms with van der Waals surface area (Å²) in [6, 6.07) is 11.3. The van der Waals surface area contributed by atoms with Crippen LogP contribution in [0.1, 0.15) is 15.9 Å². The molecule has 0 aliphatic rings. The van der Waals surface area contributed by atoms with Crippen LogP contribution in [0.2, 0.25) is 0 Å². The van der Waals surface area contributed by atoms with Crippen LogP contribution in [0.25, 0.3) is 0 Å². The largest absolute Gasteiger partial charge is 0.331 e. The van der Waals surface area contributed by atoms with Crippen molar-refractivity contribution < 1.29 is 18.1 Å². The number of nitro benzene ring substituents is 1. The predicted molar refractivity (Wildman–Crippen MR) is 124 cm³/mol. The molecule has 0 aliphatic heterocycles. The number of nitrogens with one attached hydrogen (secondary N) is 4. The minimum Gasteiger partial charge on any atom is -0.331 e. The number of carbonyl (C=O) groups excluding carboxylic acids is 1. The Kier molecular flexibility index (Phi) is 7.10. The summed E-state index contributed by atoms with van der Waals surface area (Å²) in [5, 5.41) is 13.8. The van der Waals surface area contributed by atoms with E-state index in [-0.39, 0.29) is 27.2 Å². The molecule has 14 heteroatoms. The van der Waals surface area contributed by atoms with Gasteiger partial charge < -0.3 is 5.32 Å². The zero-order valence-corrected chi connectivity index (χ0v) is 18.6. The second-order valence-electron chi connectivity index (χ2n) is 6.49. The number of aryl methyl sites for hydroxylation is 1. The standard InChI is InChI=1S/C19H17N7O5S2/c1-12-3-4-13(11-16(12)26(28)29)17(27)23-24-19(32)22-14-5-7-15(8-6-14)33(30,31)25-18-20-9-2-10-21-18/h2-11H,1H3,(H,23,27)(H,20,21,25)(H2,22,24,32). The first-order chi connectivity index (χ1) is 15.7. The summed E-state index contributed by atoms with van der Waals surface area (Å²) in [6.45, 7) is 1.57. The van der Waals surface area contributed by atoms with E-state index in [1.807, 2.05) is 0 Å². The number of anilines is 2. The average molecular weight is 488 g/mol. The molecule has 170 valence electrons. The van der Waals surface area contributed by atoms with Gasteiger partial charge in [0.2, 0.25) is 5.95 Å². The normalized spacial score (nSPS) is 10.7. The highest BCUT2D eigenvalue weighted by Gasteiger charge is 2.16. The first kappa shape index (κ1) is 23.5. The molecular formula is C19H17N7O5S2. The van der Waals surface area contributed by atoms with Crippen molar-refractivity contribution in [2.75, 3.05) is 10.0 Å². The zero-order chi connectivity index (χ0) is 24.0. The van der Waals surface area contributed by atoms with E-state index < -0.39 is 20.9 Å². The third-order valence-electron chi connectivity index (χ3n) is 4.17. The number of hydrazine groups is 1. The molecule has 1 amide bonds. The fourth-order valence-electron chi connectivity index (χ4n) is 2.54. The summed E-state index contributed by atoms with van der Waals surface area (Å²) in [7, 11) is -3.88. The van der Waals surface area contributed by atoms with E-state index in [9.17, 15) is 23.3 Å². The molecule has 33 heavy (non-hydrogen) atoms. The van der Waals surface area contributed by atoms with E-state index in [1.165, 1.54) is 48.8 Å². The predicted octanol–water partition coefficient (Wildman–Crippen LogP) is 2.13. The third kappa shape index (κ3) is 6.18. The second kappa shape index (κ2) is 9.97. The van der Waals surface area contributed by atoms with Crippen molar-refractivity contribution >= 4 is 50.6 Å². The number of aromatic nitrogens is 2. The van der Waals surface area contributed by atoms with Crippen LogP contribution in [-0.2, 0) is 10.0 Å². The number of sulfonamides is 1. The van der Waals surface area contributed by atoms with Gasteiger partial charge in [0, 0.05) is 35.3 Å². The lowest BCUT2D eigenvalue weighted by Gasteiger charge is -2.12. The van der Waals surface area contributed by atoms with Crippen molar-refractivity contribution in [3.63, 3.8) is 0 Å². The first-order valence-corrected chi connectivity index (χ1v) is 11.1. The molecule has 0 saturated carbocycles. The summed E-state index contributed by atoms with van der Waals surface area (Å²) in [4.78, 5) is 30.3. The van der Waals surface area contributed by atoms with E-state index in [4.69, 9.17) is 12.2 Å². The molecule has 4 N–H and O–H groups in total. The summed E-state index contributed by atoms with van der Waals surface area (Å²) < 4.78 is 27.0. The molecule has 0 radical (unpaired) electrons. The molecule has 1 aromatic heterocycles. The van der Waals surface area contributed by atoms with Gasteiger partial charge in [0.15, 0.2) is 5.11 Å². The fourth-order valence-corrected chi connectivity index (χ4v) is 3.67. The highest BCUT2D eigenvalue weighted by molar-refractivity contribution is 7.92. The Morgan fingerprint density at radius 3 is 2.36 bits per heavy atom. The lowest BCUT2D eigenvalue weighted by molar-refractivity contribution is -0.385. The van der Waals surface area contributed by atoms with Crippen molar-refractivity contribution in [3.05, 3.63) is 82.2 Å². The average Bonchev–Trinajstić information content (AvgIpc) is 2.78. The SMILES string of the molecule is Cc1ccc(C(=O)NNC(=S)Nc2ccc(S(=O)(=O)Nc3ncccn3)cc2)cc1[N+](=O)[O-]. The van der Waals surface area contributed by atoms with Crippen LogP contribution in [0.5, 0.6) is 0 Å². The van der Waals surface area contributed by atoms with E-state index in [0.717, 1.165) is 6.07 Å². The number of hydrogen-bond donors (Lipinski definition) is 4. The summed E-state index contributed by atoms with van der Waals surface area (Å²) in [5.41, 5.74) is 5.58. The second-order valence-corrected chi connectivity index (χ2v) is 8.58. The maximum absolute atomic E-state index is 12.4. The quantitative estimate of drug-likeness (QED) is 0.230. The van der Waals surface area contributed by atoms with E-state index in [2.05, 4.69) is 30.9 Å². The molecule has 1 heterocycles. The lowest BCUT2D eigenvalue weighted by Crippen LogP contribution is -2.43. The number of benzene rings is 2. The molecule has 0 spiro atoms. The molecule has 0 bridgehead atoms. The summed E-state index contributed by atoms with van der Waals surface area (Å²) >= 11 is 5.09. The molecule has 0 unspecified atom stereocenters. The van der Waals surface area contributed by atoms with E-state index >= 15 is 0 Å². The minimum atomic E-state index is -3.88. The van der Waals surface area contributed by atoms with Crippen LogP contribution in [0, 0.1) is 17.0 Å². The Bertz CT molecular complexity index is 1300. The molecule has 0 fully saturated rings. The van der Waals surface area contributed by atoms with Crippen molar-refractivity contribution in [2.45, 2.75) is 11.8 Å². The molecule has 2 aromatic carbocycles. The number of nitrogens with zero attached hydrogens (tertiary/aromatic N) is 3. The highest BCUT2D eigenvalue weighted by atomic mass is 32.2. The Balaban J connectivity index is 1.57. The zero-order valence-electron chi connectivity index (χ0n) is 17.0. The summed E-state index contributed by atoms with van der Waals surface area (Å²) in [5.74, 6) is -0.683. The van der Waals surface area contributed by atoms with Crippen LogP contribution in [0.4, 0.5) is 17.3 Å². The van der Waals surface area contributed by atoms with Gasteiger partial charge in [-0.3, -0.25) is 25.8 Å². The molecule has 12 nitrogen and oxygen atoms in total. The Labute approximate surface area is 193 Å². The molecular weight excluding hydrogens is 470 g/mol. The van der Waals surface area contributed by atoms with Gasteiger partial charge in [0.05, 0.1) is 9.82 Å². The van der Waals surface area contributed by atoms with Gasteiger partial charge in [-0.05, 0) is 55.5 Å². The third-order valence-corrected chi connectivity index (χ3v) is 5.72. The van der Waals surface area contributed by atoms with Gasteiger partial charge in [-0.15, -0.1) is 0 Å². The maximum atomic E-state index is 12.4. The number of thiocarbonyl (C=S) groups is 1. The van der Waals surface area contributed by atoms with Crippen LogP contribution < -0.4 is 20.9 Å². The van der Waals surface area contributed by atoms with Gasteiger partial charge in [0.1, 0.15) is 0 Å². The molecule has 0 atom stereocenters. The Hall–Kier alpha value is -4.17. The molecule has 3 rings (SSSR count). The van der Waals surface area contributed by atoms with Crippen LogP contribution >= 0.6 is 12.2 Å². The first-order valence-electron chi connectivity index (χ1n) is 9.18. The Morgan fingerprint density at radius 1 is 1.06 bits per heavy atom. The van der Waals surface area contributed by atoms with E-state index in [0.29, 0.717) is 11.3 Å². The lowest BCUT2D eigenvalue weighted by atomic mass is 10.1. The monoisotopic (exact) mass is 487 g/mol. The van der Waals surface area contributed by atoms with Crippen LogP contribution in [0.15, 0.2) is 65.8 Å². The molecule has 0 aliphatic carbocycles. The van der Waals surface area contributed by atoms with Crippen molar-refractivity contribution in [2.24, 2.45) is 0 Å². The number of hydrogen-bond acceptors (Lipinski definition) is 8. The van der Waals surface area contributed by atoms with Crippen molar-refractivity contribution in [3.8, 4) is 0 Å². The number of carbonyl (C=O) groups is 1. The smallest absolute Gasteiger partial charge is 0.273 e. The number of nitro groups is 1. The van der Waals surface area contributed by atoms with Gasteiger partial charge in [-0.1, -0.05) is 6.07 Å². The minimum absolute atomic E-state index is 0.0105. The number of rotatable bonds is 6. The number of amides is 1. The topological polar surface area (TPSA) is 168 Å². The van der Waals surface area contributed by atoms with Gasteiger partial charge in [-0.2, -0.15) is 0 Å². The molecule has 3 aromatic rings. The van der Waals surface area contributed by atoms with Gasteiger partial charge in [-0.25, -0.2) is 23.1 Å². The van der Waals surface area contributed by atoms with Crippen molar-refractivity contribution in [1.82, 2.24) is 20.8 Å². The highest BCUT2D eigenvalue weighted by Crippen LogP contribution is 2.19. The molecule has 0 saturated heterocycles.